The van der Waals surface area contributed by atoms with E-state index < -0.39 is 6.10 Å². The molecular weight excluding hydrogens is 312 g/mol. The minimum absolute atomic E-state index is 0.226. The highest BCUT2D eigenvalue weighted by molar-refractivity contribution is 6.07. The summed E-state index contributed by atoms with van der Waals surface area (Å²) in [5.41, 5.74) is 2.37. The van der Waals surface area contributed by atoms with E-state index in [1.54, 1.807) is 0 Å². The lowest BCUT2D eigenvalue weighted by Crippen LogP contribution is -2.48. The Morgan fingerprint density at radius 2 is 1.44 bits per heavy atom. The molecule has 3 atom stereocenters. The standard InChI is InChI=1S/C21H26N2O2/c1-15-11-22(12-16(2)25-15)13-17(24)14-23-20-9-5-3-7-18(20)19-8-4-6-10-21(19)23/h3-10,15-17,24H,11-14H2,1-2H3/t15-,16-,17+/m1/s1. The van der Waals surface area contributed by atoms with Gasteiger partial charge >= 0.3 is 0 Å². The number of aliphatic hydroxyl groups excluding tert-OH is 1. The molecule has 4 rings (SSSR count). The van der Waals surface area contributed by atoms with Crippen LogP contribution < -0.4 is 0 Å². The first-order chi connectivity index (χ1) is 12.1. The topological polar surface area (TPSA) is 37.6 Å². The predicted octanol–water partition coefficient (Wildman–Crippen LogP) is 3.26. The molecule has 0 unspecified atom stereocenters. The van der Waals surface area contributed by atoms with E-state index in [4.69, 9.17) is 4.74 Å². The molecule has 132 valence electrons. The maximum absolute atomic E-state index is 10.8. The van der Waals surface area contributed by atoms with Crippen LogP contribution in [0.5, 0.6) is 0 Å². The Balaban J connectivity index is 1.59. The van der Waals surface area contributed by atoms with E-state index in [9.17, 15) is 5.11 Å². The molecule has 0 amide bonds. The lowest BCUT2D eigenvalue weighted by atomic mass is 10.2. The van der Waals surface area contributed by atoms with Gasteiger partial charge in [-0.05, 0) is 26.0 Å². The van der Waals surface area contributed by atoms with E-state index in [1.165, 1.54) is 21.8 Å². The second-order valence-electron chi connectivity index (χ2n) is 7.27. The minimum Gasteiger partial charge on any atom is -0.390 e. The molecule has 1 saturated heterocycles. The average molecular weight is 338 g/mol. The van der Waals surface area contributed by atoms with Crippen LogP contribution in [0.25, 0.3) is 21.8 Å². The Labute approximate surface area is 148 Å². The van der Waals surface area contributed by atoms with Crippen LogP contribution in [0.15, 0.2) is 48.5 Å². The molecule has 0 radical (unpaired) electrons. The maximum Gasteiger partial charge on any atom is 0.0846 e. The van der Waals surface area contributed by atoms with Gasteiger partial charge in [0.1, 0.15) is 0 Å². The summed E-state index contributed by atoms with van der Waals surface area (Å²) in [7, 11) is 0. The number of aliphatic hydroxyl groups is 1. The van der Waals surface area contributed by atoms with Crippen LogP contribution in [0, 0.1) is 0 Å². The van der Waals surface area contributed by atoms with Gasteiger partial charge in [-0.2, -0.15) is 0 Å². The number of para-hydroxylation sites is 2. The fourth-order valence-electron chi connectivity index (χ4n) is 4.20. The van der Waals surface area contributed by atoms with Crippen molar-refractivity contribution in [1.82, 2.24) is 9.47 Å². The van der Waals surface area contributed by atoms with E-state index in [-0.39, 0.29) is 12.2 Å². The number of aromatic nitrogens is 1. The van der Waals surface area contributed by atoms with Gasteiger partial charge in [-0.1, -0.05) is 36.4 Å². The van der Waals surface area contributed by atoms with Crippen molar-refractivity contribution in [2.75, 3.05) is 19.6 Å². The van der Waals surface area contributed by atoms with Gasteiger partial charge < -0.3 is 14.4 Å². The van der Waals surface area contributed by atoms with Gasteiger partial charge in [0.25, 0.3) is 0 Å². The van der Waals surface area contributed by atoms with Crippen molar-refractivity contribution >= 4 is 21.8 Å². The molecule has 1 fully saturated rings. The number of ether oxygens (including phenoxy) is 1. The number of benzene rings is 2. The lowest BCUT2D eigenvalue weighted by molar-refractivity contribution is -0.0771. The number of rotatable bonds is 4. The third-order valence-corrected chi connectivity index (χ3v) is 5.04. The van der Waals surface area contributed by atoms with Crippen LogP contribution in [0.1, 0.15) is 13.8 Å². The molecular formula is C21H26N2O2. The van der Waals surface area contributed by atoms with Crippen LogP contribution >= 0.6 is 0 Å². The molecule has 4 nitrogen and oxygen atoms in total. The Bertz CT molecular complexity index is 809. The van der Waals surface area contributed by atoms with Gasteiger partial charge in [0.05, 0.1) is 24.9 Å². The molecule has 0 bridgehead atoms. The monoisotopic (exact) mass is 338 g/mol. The highest BCUT2D eigenvalue weighted by Crippen LogP contribution is 2.29. The van der Waals surface area contributed by atoms with Crippen molar-refractivity contribution in [3.05, 3.63) is 48.5 Å². The summed E-state index contributed by atoms with van der Waals surface area (Å²) >= 11 is 0. The SMILES string of the molecule is C[C@@H]1CN(C[C@H](O)Cn2c3ccccc3c3ccccc32)C[C@@H](C)O1. The molecule has 4 heteroatoms. The van der Waals surface area contributed by atoms with Gasteiger partial charge in [-0.25, -0.2) is 0 Å². The van der Waals surface area contributed by atoms with Gasteiger partial charge in [0, 0.05) is 41.4 Å². The maximum atomic E-state index is 10.8. The molecule has 1 aliphatic heterocycles. The first-order valence-electron chi connectivity index (χ1n) is 9.13. The van der Waals surface area contributed by atoms with Crippen molar-refractivity contribution < 1.29 is 9.84 Å². The summed E-state index contributed by atoms with van der Waals surface area (Å²) in [6, 6.07) is 16.9. The minimum atomic E-state index is -0.406. The predicted molar refractivity (Wildman–Crippen MR) is 102 cm³/mol. The van der Waals surface area contributed by atoms with Crippen LogP contribution in [-0.4, -0.2) is 52.5 Å². The summed E-state index contributed by atoms with van der Waals surface area (Å²) in [4.78, 5) is 2.32. The molecule has 1 aromatic heterocycles. The number of morpholine rings is 1. The van der Waals surface area contributed by atoms with Crippen molar-refractivity contribution in [1.29, 1.82) is 0 Å². The fraction of sp³-hybridized carbons (Fsp3) is 0.429. The zero-order valence-electron chi connectivity index (χ0n) is 14.9. The van der Waals surface area contributed by atoms with Gasteiger partial charge in [0.15, 0.2) is 0 Å². The van der Waals surface area contributed by atoms with Gasteiger partial charge in [-0.15, -0.1) is 0 Å². The average Bonchev–Trinajstić information content (AvgIpc) is 2.89. The molecule has 2 aromatic carbocycles. The largest absolute Gasteiger partial charge is 0.390 e. The smallest absolute Gasteiger partial charge is 0.0846 e. The highest BCUT2D eigenvalue weighted by atomic mass is 16.5. The number of hydrogen-bond donors (Lipinski definition) is 1. The molecule has 0 aliphatic carbocycles. The second-order valence-corrected chi connectivity index (χ2v) is 7.27. The summed E-state index contributed by atoms with van der Waals surface area (Å²) in [5, 5.41) is 13.3. The Morgan fingerprint density at radius 3 is 2.00 bits per heavy atom. The lowest BCUT2D eigenvalue weighted by Gasteiger charge is -2.36. The normalized spacial score (nSPS) is 23.3. The summed E-state index contributed by atoms with van der Waals surface area (Å²) in [6.45, 7) is 7.25. The molecule has 0 saturated carbocycles. The Hall–Kier alpha value is -1.88. The van der Waals surface area contributed by atoms with E-state index >= 15 is 0 Å². The van der Waals surface area contributed by atoms with E-state index in [2.05, 4.69) is 71.8 Å². The summed E-state index contributed by atoms with van der Waals surface area (Å²) in [6.07, 6.45) is 0.0464. The molecule has 25 heavy (non-hydrogen) atoms. The first kappa shape index (κ1) is 16.6. The van der Waals surface area contributed by atoms with Gasteiger partial charge in [-0.3, -0.25) is 4.90 Å². The zero-order valence-corrected chi connectivity index (χ0v) is 14.9. The zero-order chi connectivity index (χ0) is 17.4. The van der Waals surface area contributed by atoms with Crippen molar-refractivity contribution in [3.63, 3.8) is 0 Å². The number of fused-ring (bicyclic) bond motifs is 3. The number of β-amino-alcohol motifs (C(OH)–C–C–N with tert-alkyl or cyclic N) is 1. The van der Waals surface area contributed by atoms with Crippen LogP contribution in [0.2, 0.25) is 0 Å². The first-order valence-corrected chi connectivity index (χ1v) is 9.13. The van der Waals surface area contributed by atoms with Crippen LogP contribution in [0.4, 0.5) is 0 Å². The van der Waals surface area contributed by atoms with E-state index in [1.807, 2.05) is 0 Å². The molecule has 2 heterocycles. The molecule has 3 aromatic rings. The highest BCUT2D eigenvalue weighted by Gasteiger charge is 2.24. The van der Waals surface area contributed by atoms with E-state index in [0.717, 1.165) is 13.1 Å². The van der Waals surface area contributed by atoms with Crippen LogP contribution in [-0.2, 0) is 11.3 Å². The number of hydrogen-bond acceptors (Lipinski definition) is 3. The van der Waals surface area contributed by atoms with Gasteiger partial charge in [0.2, 0.25) is 0 Å². The van der Waals surface area contributed by atoms with Crippen LogP contribution in [0.3, 0.4) is 0 Å². The quantitative estimate of drug-likeness (QED) is 0.793. The van der Waals surface area contributed by atoms with Crippen molar-refractivity contribution in [3.8, 4) is 0 Å². The Morgan fingerprint density at radius 1 is 0.920 bits per heavy atom. The third-order valence-electron chi connectivity index (χ3n) is 5.04. The summed E-state index contributed by atoms with van der Waals surface area (Å²) < 4.78 is 8.04. The second kappa shape index (κ2) is 6.79. The molecule has 1 aliphatic rings. The van der Waals surface area contributed by atoms with Crippen molar-refractivity contribution in [2.45, 2.75) is 38.7 Å². The number of nitrogens with zero attached hydrogens (tertiary/aromatic N) is 2. The van der Waals surface area contributed by atoms with Crippen molar-refractivity contribution in [2.24, 2.45) is 0 Å². The third kappa shape index (κ3) is 3.30. The molecule has 0 spiro atoms. The van der Waals surface area contributed by atoms with E-state index in [0.29, 0.717) is 13.1 Å². The fourth-order valence-corrected chi connectivity index (χ4v) is 4.20. The Kier molecular flexibility index (Phi) is 4.50. The summed E-state index contributed by atoms with van der Waals surface area (Å²) in [5.74, 6) is 0. The molecule has 1 N–H and O–H groups in total.